The molecular formula is C8H12O3S. The molecule has 0 N–H and O–H groups in total. The molecule has 0 aromatic rings. The van der Waals surface area contributed by atoms with Gasteiger partial charge in [0.15, 0.2) is 5.79 Å². The number of ether oxygens (including phenoxy) is 2. The van der Waals surface area contributed by atoms with Gasteiger partial charge in [-0.2, -0.15) is 11.8 Å². The minimum absolute atomic E-state index is 0.0706. The monoisotopic (exact) mass is 188 g/mol. The Balaban J connectivity index is 2.12. The lowest BCUT2D eigenvalue weighted by Gasteiger charge is -2.35. The second kappa shape index (κ2) is 3.36. The van der Waals surface area contributed by atoms with Crippen LogP contribution in [0.2, 0.25) is 0 Å². The Morgan fingerprint density at radius 3 is 2.83 bits per heavy atom. The van der Waals surface area contributed by atoms with Gasteiger partial charge in [0.1, 0.15) is 6.29 Å². The first-order valence-corrected chi connectivity index (χ1v) is 5.34. The molecule has 0 saturated carbocycles. The minimum Gasteiger partial charge on any atom is -0.347 e. The fourth-order valence-corrected chi connectivity index (χ4v) is 2.89. The van der Waals surface area contributed by atoms with Gasteiger partial charge >= 0.3 is 0 Å². The van der Waals surface area contributed by atoms with E-state index < -0.39 is 5.79 Å². The van der Waals surface area contributed by atoms with Crippen LogP contribution in [0.1, 0.15) is 6.42 Å². The zero-order chi connectivity index (χ0) is 8.44. The second-order valence-corrected chi connectivity index (χ2v) is 4.23. The predicted molar refractivity (Wildman–Crippen MR) is 46.1 cm³/mol. The molecule has 1 atom stereocenters. The Hall–Kier alpha value is -0.0600. The molecule has 2 rings (SSSR count). The van der Waals surface area contributed by atoms with Crippen molar-refractivity contribution in [2.24, 2.45) is 5.92 Å². The van der Waals surface area contributed by atoms with Crippen LogP contribution in [-0.2, 0) is 14.3 Å². The third kappa shape index (κ3) is 1.28. The molecule has 2 aliphatic rings. The van der Waals surface area contributed by atoms with E-state index in [0.717, 1.165) is 24.2 Å². The number of carbonyl (C=O) groups excluding carboxylic acids is 1. The first kappa shape index (κ1) is 8.53. The van der Waals surface area contributed by atoms with Crippen LogP contribution >= 0.6 is 11.8 Å². The molecule has 3 nitrogen and oxygen atoms in total. The van der Waals surface area contributed by atoms with E-state index in [0.29, 0.717) is 13.2 Å². The molecule has 0 radical (unpaired) electrons. The molecule has 0 aromatic carbocycles. The second-order valence-electron chi connectivity index (χ2n) is 3.08. The van der Waals surface area contributed by atoms with Crippen LogP contribution in [0.3, 0.4) is 0 Å². The van der Waals surface area contributed by atoms with Crippen molar-refractivity contribution in [2.45, 2.75) is 12.2 Å². The zero-order valence-corrected chi connectivity index (χ0v) is 7.64. The van der Waals surface area contributed by atoms with Crippen molar-refractivity contribution < 1.29 is 14.3 Å². The van der Waals surface area contributed by atoms with Crippen molar-refractivity contribution in [1.29, 1.82) is 0 Å². The molecule has 4 heteroatoms. The summed E-state index contributed by atoms with van der Waals surface area (Å²) < 4.78 is 11.0. The highest BCUT2D eigenvalue weighted by Crippen LogP contribution is 2.37. The van der Waals surface area contributed by atoms with Crippen LogP contribution in [0.15, 0.2) is 0 Å². The average Bonchev–Trinajstić information content (AvgIpc) is 2.55. The number of hydrogen-bond acceptors (Lipinski definition) is 4. The minimum atomic E-state index is -0.549. The molecule has 0 aliphatic carbocycles. The van der Waals surface area contributed by atoms with E-state index in [9.17, 15) is 4.79 Å². The first-order chi connectivity index (χ1) is 5.87. The van der Waals surface area contributed by atoms with Crippen molar-refractivity contribution in [3.63, 3.8) is 0 Å². The van der Waals surface area contributed by atoms with E-state index >= 15 is 0 Å². The summed E-state index contributed by atoms with van der Waals surface area (Å²) in [7, 11) is 0. The standard InChI is InChI=1S/C8H12O3S/c9-5-7-6-12-4-1-8(7)10-2-3-11-8/h5,7H,1-4,6H2. The summed E-state index contributed by atoms with van der Waals surface area (Å²) in [4.78, 5) is 10.7. The highest BCUT2D eigenvalue weighted by atomic mass is 32.2. The van der Waals surface area contributed by atoms with Gasteiger partial charge in [-0.3, -0.25) is 0 Å². The molecule has 68 valence electrons. The molecule has 12 heavy (non-hydrogen) atoms. The van der Waals surface area contributed by atoms with E-state index in [-0.39, 0.29) is 5.92 Å². The van der Waals surface area contributed by atoms with E-state index in [2.05, 4.69) is 0 Å². The topological polar surface area (TPSA) is 35.5 Å². The maximum absolute atomic E-state index is 10.7. The van der Waals surface area contributed by atoms with Gasteiger partial charge in [-0.15, -0.1) is 0 Å². The van der Waals surface area contributed by atoms with Gasteiger partial charge in [0.2, 0.25) is 0 Å². The van der Waals surface area contributed by atoms with Gasteiger partial charge in [0.25, 0.3) is 0 Å². The molecule has 2 fully saturated rings. The smallest absolute Gasteiger partial charge is 0.179 e. The van der Waals surface area contributed by atoms with Gasteiger partial charge in [0.05, 0.1) is 19.1 Å². The molecule has 2 aliphatic heterocycles. The summed E-state index contributed by atoms with van der Waals surface area (Å²) in [6.45, 7) is 1.27. The van der Waals surface area contributed by atoms with E-state index in [4.69, 9.17) is 9.47 Å². The molecule has 2 heterocycles. The van der Waals surface area contributed by atoms with Crippen LogP contribution in [0.25, 0.3) is 0 Å². The zero-order valence-electron chi connectivity index (χ0n) is 6.82. The third-order valence-corrected chi connectivity index (χ3v) is 3.49. The highest BCUT2D eigenvalue weighted by molar-refractivity contribution is 7.99. The van der Waals surface area contributed by atoms with Crippen molar-refractivity contribution in [1.82, 2.24) is 0 Å². The van der Waals surface area contributed by atoms with Crippen molar-refractivity contribution >= 4 is 18.0 Å². The molecule has 1 spiro atoms. The van der Waals surface area contributed by atoms with Gasteiger partial charge in [-0.25, -0.2) is 0 Å². The van der Waals surface area contributed by atoms with E-state index in [1.54, 1.807) is 11.8 Å². The fraction of sp³-hybridized carbons (Fsp3) is 0.875. The lowest BCUT2D eigenvalue weighted by Crippen LogP contribution is -2.44. The first-order valence-electron chi connectivity index (χ1n) is 4.18. The van der Waals surface area contributed by atoms with Crippen LogP contribution < -0.4 is 0 Å². The maximum atomic E-state index is 10.7. The average molecular weight is 188 g/mol. The maximum Gasteiger partial charge on any atom is 0.179 e. The molecule has 2 saturated heterocycles. The lowest BCUT2D eigenvalue weighted by molar-refractivity contribution is -0.190. The van der Waals surface area contributed by atoms with Gasteiger partial charge in [0, 0.05) is 12.2 Å². The summed E-state index contributed by atoms with van der Waals surface area (Å²) in [5.41, 5.74) is 0. The highest BCUT2D eigenvalue weighted by Gasteiger charge is 2.46. The molecule has 0 amide bonds. The Morgan fingerprint density at radius 2 is 2.17 bits per heavy atom. The van der Waals surface area contributed by atoms with Crippen molar-refractivity contribution in [3.05, 3.63) is 0 Å². The number of thioether (sulfide) groups is 1. The number of aldehydes is 1. The largest absolute Gasteiger partial charge is 0.347 e. The third-order valence-electron chi connectivity index (χ3n) is 2.40. The number of carbonyl (C=O) groups is 1. The Bertz CT molecular complexity index is 177. The summed E-state index contributed by atoms with van der Waals surface area (Å²) in [6, 6.07) is 0. The van der Waals surface area contributed by atoms with Crippen molar-refractivity contribution in [2.75, 3.05) is 24.7 Å². The summed E-state index contributed by atoms with van der Waals surface area (Å²) in [5.74, 6) is 1.25. The normalized spacial score (nSPS) is 33.8. The van der Waals surface area contributed by atoms with Crippen molar-refractivity contribution in [3.8, 4) is 0 Å². The molecule has 0 bridgehead atoms. The van der Waals surface area contributed by atoms with Crippen LogP contribution in [0.5, 0.6) is 0 Å². The Morgan fingerprint density at radius 1 is 1.42 bits per heavy atom. The van der Waals surface area contributed by atoms with Crippen LogP contribution in [-0.4, -0.2) is 36.8 Å². The van der Waals surface area contributed by atoms with E-state index in [1.165, 1.54) is 0 Å². The van der Waals surface area contributed by atoms with Gasteiger partial charge in [-0.1, -0.05) is 0 Å². The number of hydrogen-bond donors (Lipinski definition) is 0. The summed E-state index contributed by atoms with van der Waals surface area (Å²) in [5, 5.41) is 0. The quantitative estimate of drug-likeness (QED) is 0.567. The predicted octanol–water partition coefficient (Wildman–Crippen LogP) is 0.681. The molecule has 0 aromatic heterocycles. The van der Waals surface area contributed by atoms with Crippen LogP contribution in [0.4, 0.5) is 0 Å². The van der Waals surface area contributed by atoms with Gasteiger partial charge < -0.3 is 14.3 Å². The SMILES string of the molecule is O=CC1CSCCC12OCCO2. The Labute approximate surface area is 75.8 Å². The lowest BCUT2D eigenvalue weighted by atomic mass is 9.99. The molecule has 1 unspecified atom stereocenters. The number of rotatable bonds is 1. The Kier molecular flexibility index (Phi) is 2.39. The van der Waals surface area contributed by atoms with E-state index in [1.807, 2.05) is 0 Å². The summed E-state index contributed by atoms with van der Waals surface area (Å²) in [6.07, 6.45) is 1.82. The van der Waals surface area contributed by atoms with Gasteiger partial charge in [-0.05, 0) is 5.75 Å². The van der Waals surface area contributed by atoms with Crippen LogP contribution in [0, 0.1) is 5.92 Å². The fourth-order valence-electron chi connectivity index (χ4n) is 1.71. The molecular weight excluding hydrogens is 176 g/mol. The summed E-state index contributed by atoms with van der Waals surface area (Å²) >= 11 is 1.80.